The minimum atomic E-state index is -3.76. The van der Waals surface area contributed by atoms with E-state index < -0.39 is 16.1 Å². The van der Waals surface area contributed by atoms with E-state index in [0.29, 0.717) is 25.2 Å². The number of aromatic nitrogens is 1. The first-order valence-electron chi connectivity index (χ1n) is 7.86. The van der Waals surface area contributed by atoms with Crippen LogP contribution in [0, 0.1) is 6.92 Å². The Labute approximate surface area is 151 Å². The van der Waals surface area contributed by atoms with Crippen molar-refractivity contribution in [3.63, 3.8) is 0 Å². The maximum atomic E-state index is 12.6. The van der Waals surface area contributed by atoms with E-state index in [1.54, 1.807) is 19.1 Å². The molecule has 0 bridgehead atoms. The number of hydrogen-bond donors (Lipinski definition) is 3. The molecule has 2 aromatic rings. The van der Waals surface area contributed by atoms with Crippen molar-refractivity contribution in [1.29, 1.82) is 0 Å². The van der Waals surface area contributed by atoms with Gasteiger partial charge >= 0.3 is 0 Å². The number of aryl methyl sites for hydroxylation is 1. The lowest BCUT2D eigenvalue weighted by molar-refractivity contribution is 0.0953. The largest absolute Gasteiger partial charge is 0.352 e. The van der Waals surface area contributed by atoms with E-state index in [2.05, 4.69) is 15.0 Å². The average Bonchev–Trinajstić information content (AvgIpc) is 3.01. The molecule has 1 heterocycles. The quantitative estimate of drug-likeness (QED) is 0.600. The molecule has 2 rings (SSSR count). The summed E-state index contributed by atoms with van der Waals surface area (Å²) in [5, 5.41) is 5.40. The normalized spacial score (nSPS) is 12.8. The molecule has 1 atom stereocenters. The zero-order valence-corrected chi connectivity index (χ0v) is 15.8. The SMILES string of the molecule is Cc1nc([C@@H](C)NS(=O)(=O)c2cccc(C(=O)NCCCN)c2)cs1. The van der Waals surface area contributed by atoms with Gasteiger partial charge in [0.15, 0.2) is 0 Å². The predicted molar refractivity (Wildman–Crippen MR) is 98.0 cm³/mol. The second-order valence-corrected chi connectivity index (χ2v) is 8.34. The first-order chi connectivity index (χ1) is 11.8. The van der Waals surface area contributed by atoms with Crippen molar-refractivity contribution in [3.05, 3.63) is 45.9 Å². The topological polar surface area (TPSA) is 114 Å². The number of amides is 1. The van der Waals surface area contributed by atoms with Gasteiger partial charge in [0.1, 0.15) is 0 Å². The van der Waals surface area contributed by atoms with Crippen LogP contribution in [0.2, 0.25) is 0 Å². The van der Waals surface area contributed by atoms with Crippen molar-refractivity contribution >= 4 is 27.3 Å². The smallest absolute Gasteiger partial charge is 0.251 e. The molecule has 0 spiro atoms. The van der Waals surface area contributed by atoms with Gasteiger partial charge in [0.05, 0.1) is 21.6 Å². The Morgan fingerprint density at radius 1 is 1.40 bits per heavy atom. The number of nitrogens with zero attached hydrogens (tertiary/aromatic N) is 1. The molecule has 4 N–H and O–H groups in total. The summed E-state index contributed by atoms with van der Waals surface area (Å²) in [5.41, 5.74) is 6.34. The third-order valence-corrected chi connectivity index (χ3v) is 5.82. The van der Waals surface area contributed by atoms with Crippen LogP contribution in [-0.2, 0) is 10.0 Å². The zero-order valence-electron chi connectivity index (χ0n) is 14.2. The standard InChI is InChI=1S/C16H22N4O3S2/c1-11(15-10-24-12(2)19-15)20-25(22,23)14-6-3-5-13(9-14)16(21)18-8-4-7-17/h3,5-6,9-11,20H,4,7-8,17H2,1-2H3,(H,18,21)/t11-/m1/s1. The van der Waals surface area contributed by atoms with Crippen LogP contribution in [0.1, 0.15) is 40.4 Å². The van der Waals surface area contributed by atoms with Gasteiger partial charge in [-0.2, -0.15) is 0 Å². The van der Waals surface area contributed by atoms with Gasteiger partial charge in [-0.05, 0) is 45.0 Å². The number of thiazole rings is 1. The molecule has 136 valence electrons. The number of hydrogen-bond acceptors (Lipinski definition) is 6. The molecule has 0 radical (unpaired) electrons. The fourth-order valence-corrected chi connectivity index (χ4v) is 4.12. The summed E-state index contributed by atoms with van der Waals surface area (Å²) >= 11 is 1.46. The maximum absolute atomic E-state index is 12.6. The van der Waals surface area contributed by atoms with Crippen LogP contribution in [0.15, 0.2) is 34.5 Å². The van der Waals surface area contributed by atoms with Crippen LogP contribution < -0.4 is 15.8 Å². The van der Waals surface area contributed by atoms with Gasteiger partial charge < -0.3 is 11.1 Å². The van der Waals surface area contributed by atoms with E-state index in [0.717, 1.165) is 5.01 Å². The van der Waals surface area contributed by atoms with Gasteiger partial charge in [0.25, 0.3) is 5.91 Å². The average molecular weight is 383 g/mol. The van der Waals surface area contributed by atoms with E-state index in [1.807, 2.05) is 12.3 Å². The van der Waals surface area contributed by atoms with Crippen molar-refractivity contribution in [2.75, 3.05) is 13.1 Å². The Bertz CT molecular complexity index is 833. The first-order valence-corrected chi connectivity index (χ1v) is 10.2. The van der Waals surface area contributed by atoms with Gasteiger partial charge in [-0.15, -0.1) is 11.3 Å². The highest BCUT2D eigenvalue weighted by Crippen LogP contribution is 2.19. The van der Waals surface area contributed by atoms with Crippen LogP contribution in [-0.4, -0.2) is 32.4 Å². The second-order valence-electron chi connectivity index (χ2n) is 5.56. The first kappa shape index (κ1) is 19.5. The molecule has 7 nitrogen and oxygen atoms in total. The van der Waals surface area contributed by atoms with Crippen LogP contribution in [0.5, 0.6) is 0 Å². The maximum Gasteiger partial charge on any atom is 0.251 e. The van der Waals surface area contributed by atoms with Crippen molar-refractivity contribution in [2.24, 2.45) is 5.73 Å². The van der Waals surface area contributed by atoms with Gasteiger partial charge in [-0.25, -0.2) is 18.1 Å². The number of nitrogens with two attached hydrogens (primary N) is 1. The van der Waals surface area contributed by atoms with E-state index in [9.17, 15) is 13.2 Å². The van der Waals surface area contributed by atoms with Crippen LogP contribution in [0.4, 0.5) is 0 Å². The summed E-state index contributed by atoms with van der Waals surface area (Å²) in [5.74, 6) is -0.325. The summed E-state index contributed by atoms with van der Waals surface area (Å²) in [7, 11) is -3.76. The van der Waals surface area contributed by atoms with E-state index in [1.165, 1.54) is 23.5 Å². The summed E-state index contributed by atoms with van der Waals surface area (Å²) in [6.45, 7) is 4.52. The monoisotopic (exact) mass is 382 g/mol. The summed E-state index contributed by atoms with van der Waals surface area (Å²) in [6, 6.07) is 5.47. The lowest BCUT2D eigenvalue weighted by atomic mass is 10.2. The molecule has 1 amide bonds. The number of rotatable bonds is 8. The van der Waals surface area contributed by atoms with Crippen molar-refractivity contribution in [1.82, 2.24) is 15.0 Å². The minimum Gasteiger partial charge on any atom is -0.352 e. The highest BCUT2D eigenvalue weighted by molar-refractivity contribution is 7.89. The number of sulfonamides is 1. The Morgan fingerprint density at radius 3 is 2.80 bits per heavy atom. The molecule has 0 saturated carbocycles. The third-order valence-electron chi connectivity index (χ3n) is 3.49. The van der Waals surface area contributed by atoms with Crippen LogP contribution >= 0.6 is 11.3 Å². The fraction of sp³-hybridized carbons (Fsp3) is 0.375. The van der Waals surface area contributed by atoms with Gasteiger partial charge in [0, 0.05) is 17.5 Å². The summed E-state index contributed by atoms with van der Waals surface area (Å²) < 4.78 is 27.7. The van der Waals surface area contributed by atoms with Gasteiger partial charge in [-0.1, -0.05) is 6.07 Å². The van der Waals surface area contributed by atoms with Gasteiger partial charge in [-0.3, -0.25) is 4.79 Å². The predicted octanol–water partition coefficient (Wildman–Crippen LogP) is 1.57. The zero-order chi connectivity index (χ0) is 18.4. The lowest BCUT2D eigenvalue weighted by Crippen LogP contribution is -2.28. The number of nitrogens with one attached hydrogen (secondary N) is 2. The second kappa shape index (κ2) is 8.52. The molecule has 0 saturated heterocycles. The van der Waals surface area contributed by atoms with Crippen molar-refractivity contribution < 1.29 is 13.2 Å². The Hall–Kier alpha value is -1.81. The molecule has 0 aliphatic heterocycles. The molecule has 0 aliphatic rings. The molecule has 25 heavy (non-hydrogen) atoms. The van der Waals surface area contributed by atoms with Gasteiger partial charge in [0.2, 0.25) is 10.0 Å². The molecule has 1 aromatic heterocycles. The number of carbonyl (C=O) groups excluding carboxylic acids is 1. The van der Waals surface area contributed by atoms with Crippen LogP contribution in [0.3, 0.4) is 0 Å². The highest BCUT2D eigenvalue weighted by Gasteiger charge is 2.21. The third kappa shape index (κ3) is 5.33. The molecule has 1 aromatic carbocycles. The van der Waals surface area contributed by atoms with E-state index in [-0.39, 0.29) is 16.4 Å². The van der Waals surface area contributed by atoms with E-state index >= 15 is 0 Å². The minimum absolute atomic E-state index is 0.0396. The molecule has 0 fully saturated rings. The molecule has 0 unspecified atom stereocenters. The molecule has 0 aliphatic carbocycles. The van der Waals surface area contributed by atoms with Crippen molar-refractivity contribution in [2.45, 2.75) is 31.2 Å². The Balaban J connectivity index is 2.13. The molecular weight excluding hydrogens is 360 g/mol. The summed E-state index contributed by atoms with van der Waals surface area (Å²) in [4.78, 5) is 16.4. The summed E-state index contributed by atoms with van der Waals surface area (Å²) in [6.07, 6.45) is 0.663. The fourth-order valence-electron chi connectivity index (χ4n) is 2.15. The Kier molecular flexibility index (Phi) is 6.65. The highest BCUT2D eigenvalue weighted by atomic mass is 32.2. The Morgan fingerprint density at radius 2 is 2.16 bits per heavy atom. The van der Waals surface area contributed by atoms with Crippen molar-refractivity contribution in [3.8, 4) is 0 Å². The lowest BCUT2D eigenvalue weighted by Gasteiger charge is -2.13. The molecular formula is C16H22N4O3S2. The number of benzene rings is 1. The number of carbonyl (C=O) groups is 1. The van der Waals surface area contributed by atoms with E-state index in [4.69, 9.17) is 5.73 Å². The molecule has 9 heteroatoms. The van der Waals surface area contributed by atoms with Crippen LogP contribution in [0.25, 0.3) is 0 Å².